The molecular formula is C70H67N17O2. The quantitative estimate of drug-likeness (QED) is 0.0692. The topological polar surface area (TPSA) is 275 Å². The lowest BCUT2D eigenvalue weighted by atomic mass is 10.2. The van der Waals surface area contributed by atoms with Crippen LogP contribution in [0.4, 0.5) is 0 Å². The van der Waals surface area contributed by atoms with Crippen molar-refractivity contribution in [1.82, 2.24) is 85.8 Å². The minimum Gasteiger partial charge on any atom is -0.361 e. The largest absolute Gasteiger partial charge is 0.361 e. The summed E-state index contributed by atoms with van der Waals surface area (Å²) >= 11 is 0. The third-order valence-corrected chi connectivity index (χ3v) is 14.2. The van der Waals surface area contributed by atoms with Crippen molar-refractivity contribution >= 4 is 98.8 Å². The summed E-state index contributed by atoms with van der Waals surface area (Å²) in [7, 11) is 0. The normalized spacial score (nSPS) is 10.5. The number of nitrogens with one attached hydrogen (secondary N) is 9. The summed E-state index contributed by atoms with van der Waals surface area (Å²) < 4.78 is 4.87. The second-order valence-corrected chi connectivity index (χ2v) is 20.7. The van der Waals surface area contributed by atoms with Crippen molar-refractivity contribution in [2.75, 3.05) is 0 Å². The van der Waals surface area contributed by atoms with Gasteiger partial charge in [0.05, 0.1) is 52.5 Å². The second kappa shape index (κ2) is 29.2. The van der Waals surface area contributed by atoms with Crippen LogP contribution in [0.5, 0.6) is 0 Å². The highest BCUT2D eigenvalue weighted by Crippen LogP contribution is 2.20. The SMILES string of the molecule is Cc1cc2cccc(C)c2[nH]1.Cc1cccc2[nH]c(=O)[nH]c12.Cc1cccc2[nH]cnc12.Cc1cccc2cc[nH]c12.Cc1cccc2cn[nH]c12.Cc1cccc2n[nH]nc12.c1ccc2oncc2c1.c1cnc2[nH]ccc2c1.c1cnc2[nH]ncc2c1. The Morgan fingerprint density at radius 3 is 1.70 bits per heavy atom. The van der Waals surface area contributed by atoms with Crippen LogP contribution < -0.4 is 5.69 Å². The van der Waals surface area contributed by atoms with Crippen molar-refractivity contribution in [2.45, 2.75) is 48.5 Å². The molecule has 0 amide bonds. The van der Waals surface area contributed by atoms with Crippen molar-refractivity contribution in [1.29, 1.82) is 0 Å². The van der Waals surface area contributed by atoms with Crippen LogP contribution in [0.25, 0.3) is 98.8 Å². The molecule has 0 atom stereocenters. The summed E-state index contributed by atoms with van der Waals surface area (Å²) in [5, 5.41) is 34.6. The van der Waals surface area contributed by atoms with E-state index in [2.05, 4.69) is 181 Å². The molecule has 0 spiro atoms. The summed E-state index contributed by atoms with van der Waals surface area (Å²) in [6.45, 7) is 14.4. The third kappa shape index (κ3) is 15.7. The maximum absolute atomic E-state index is 10.8. The monoisotopic (exact) mass is 1180 g/mol. The fourth-order valence-corrected chi connectivity index (χ4v) is 9.60. The number of fused-ring (bicyclic) bond motifs is 9. The summed E-state index contributed by atoms with van der Waals surface area (Å²) in [5.41, 5.74) is 20.6. The second-order valence-electron chi connectivity index (χ2n) is 20.7. The van der Waals surface area contributed by atoms with Crippen LogP contribution in [0.1, 0.15) is 39.1 Å². The van der Waals surface area contributed by atoms with Gasteiger partial charge in [0, 0.05) is 63.1 Å². The third-order valence-electron chi connectivity index (χ3n) is 14.2. The van der Waals surface area contributed by atoms with Crippen molar-refractivity contribution in [3.05, 3.63) is 275 Å². The lowest BCUT2D eigenvalue weighted by Crippen LogP contribution is -1.99. The Bertz CT molecular complexity index is 4680. The zero-order chi connectivity index (χ0) is 61.9. The van der Waals surface area contributed by atoms with Gasteiger partial charge in [0.2, 0.25) is 0 Å². The van der Waals surface area contributed by atoms with Gasteiger partial charge in [-0.25, -0.2) is 19.7 Å². The van der Waals surface area contributed by atoms with Crippen LogP contribution in [0.3, 0.4) is 0 Å². The molecular weight excluding hydrogens is 1110 g/mol. The van der Waals surface area contributed by atoms with Gasteiger partial charge in [-0.2, -0.15) is 25.6 Å². The molecule has 0 aliphatic rings. The van der Waals surface area contributed by atoms with Crippen molar-refractivity contribution in [2.24, 2.45) is 0 Å². The van der Waals surface area contributed by atoms with Gasteiger partial charge >= 0.3 is 5.69 Å². The zero-order valence-corrected chi connectivity index (χ0v) is 50.3. The molecule has 0 fully saturated rings. The first-order valence-electron chi connectivity index (χ1n) is 28.7. The number of aromatic nitrogens is 17. The number of rotatable bonds is 0. The molecule has 7 aromatic carbocycles. The molecule has 18 aromatic rings. The summed E-state index contributed by atoms with van der Waals surface area (Å²) in [5.74, 6) is 0. The van der Waals surface area contributed by atoms with Crippen LogP contribution in [0.15, 0.2) is 235 Å². The standard InChI is InChI=1S/C10H11N.C9H9N.C8H8N2O.2C8H8N2.C7H7N3.C7H6N2.C7H5NO.C6H5N3/c1-7-4-3-5-9-6-8(2)11-10(7)9;1-7-3-2-4-8-5-6-10-9(7)8;1-5-3-2-4-6-7(5)10-8(11)9-6;1-6-3-2-4-7-8(6)10-5-9-7;1-6-3-2-4-7-5-9-10-8(6)7;1-5-3-2-4-6-7(5)9-10-8-6;1-2-6-3-5-9-7(6)8-4-1;1-2-4-7-6(3-1)5-8-9-7;1-2-5-4-8-9-6(5)7-3-1/h3-6,11H,1-2H3;2-6,10H,1H3;2-4H,1H3,(H2,9,10,11);2*2-5H,1H3,(H,9,10);2-4H,1H3,(H,8,9,10);1-5H,(H,8,9);1-5H;1-4H,(H,7,8,9). The van der Waals surface area contributed by atoms with E-state index >= 15 is 0 Å². The molecule has 0 saturated carbocycles. The molecule has 19 nitrogen and oxygen atoms in total. The Balaban J connectivity index is 0.000000110. The molecule has 444 valence electrons. The first-order chi connectivity index (χ1) is 43.4. The number of nitrogens with zero attached hydrogens (tertiary/aromatic N) is 8. The molecule has 0 aliphatic carbocycles. The first kappa shape index (κ1) is 60.1. The van der Waals surface area contributed by atoms with Gasteiger partial charge in [0.25, 0.3) is 0 Å². The summed E-state index contributed by atoms with van der Waals surface area (Å²) in [6.07, 6.45) is 14.4. The number of pyridine rings is 2. The summed E-state index contributed by atoms with van der Waals surface area (Å²) in [4.78, 5) is 41.1. The van der Waals surface area contributed by atoms with E-state index in [1.807, 2.05) is 148 Å². The van der Waals surface area contributed by atoms with Crippen LogP contribution >= 0.6 is 0 Å². The van der Waals surface area contributed by atoms with Gasteiger partial charge in [-0.05, 0) is 165 Å². The van der Waals surface area contributed by atoms with Gasteiger partial charge in [-0.3, -0.25) is 10.2 Å². The summed E-state index contributed by atoms with van der Waals surface area (Å²) in [6, 6.07) is 58.4. The van der Waals surface area contributed by atoms with Gasteiger partial charge in [0.1, 0.15) is 16.7 Å². The zero-order valence-electron chi connectivity index (χ0n) is 50.3. The molecule has 0 unspecified atom stereocenters. The van der Waals surface area contributed by atoms with Crippen LogP contribution in [0, 0.1) is 48.5 Å². The highest BCUT2D eigenvalue weighted by atomic mass is 16.5. The molecule has 11 aromatic heterocycles. The number of hydrogen-bond donors (Lipinski definition) is 9. The van der Waals surface area contributed by atoms with Gasteiger partial charge in [-0.15, -0.1) is 0 Å². The fraction of sp³-hybridized carbons (Fsp3) is 0.100. The fourth-order valence-electron chi connectivity index (χ4n) is 9.60. The highest BCUT2D eigenvalue weighted by molar-refractivity contribution is 5.85. The van der Waals surface area contributed by atoms with E-state index in [1.54, 1.807) is 31.1 Å². The Kier molecular flexibility index (Phi) is 19.7. The number of aromatic amines is 9. The smallest absolute Gasteiger partial charge is 0.323 e. The van der Waals surface area contributed by atoms with Gasteiger partial charge in [0.15, 0.2) is 11.2 Å². The number of aryl methyl sites for hydroxylation is 7. The lowest BCUT2D eigenvalue weighted by Gasteiger charge is -1.92. The minimum absolute atomic E-state index is 0.144. The van der Waals surface area contributed by atoms with Crippen molar-refractivity contribution in [3.63, 3.8) is 0 Å². The maximum atomic E-state index is 10.8. The van der Waals surface area contributed by atoms with E-state index in [9.17, 15) is 4.79 Å². The molecule has 89 heavy (non-hydrogen) atoms. The Hall–Kier alpha value is -12.0. The molecule has 11 heterocycles. The Morgan fingerprint density at radius 2 is 0.989 bits per heavy atom. The highest BCUT2D eigenvalue weighted by Gasteiger charge is 2.02. The average molecular weight is 1180 g/mol. The molecule has 9 N–H and O–H groups in total. The van der Waals surface area contributed by atoms with E-state index < -0.39 is 0 Å². The molecule has 0 radical (unpaired) electrons. The Labute approximate surface area is 510 Å². The molecule has 0 aliphatic heterocycles. The molecule has 19 heteroatoms. The van der Waals surface area contributed by atoms with E-state index in [0.29, 0.717) is 0 Å². The molecule has 0 saturated heterocycles. The predicted octanol–water partition coefficient (Wildman–Crippen LogP) is 15.8. The van der Waals surface area contributed by atoms with Crippen LogP contribution in [-0.2, 0) is 0 Å². The van der Waals surface area contributed by atoms with Crippen molar-refractivity contribution < 1.29 is 4.52 Å². The van der Waals surface area contributed by atoms with E-state index in [1.165, 1.54) is 55.1 Å². The number of para-hydroxylation sites is 7. The number of hydrogen-bond acceptors (Lipinski definition) is 10. The number of H-pyrrole nitrogens is 9. The molecule has 0 bridgehead atoms. The number of benzene rings is 7. The molecule has 18 rings (SSSR count). The lowest BCUT2D eigenvalue weighted by molar-refractivity contribution is 0.456. The van der Waals surface area contributed by atoms with Crippen LogP contribution in [0.2, 0.25) is 0 Å². The first-order valence-corrected chi connectivity index (χ1v) is 28.7. The van der Waals surface area contributed by atoms with Crippen molar-refractivity contribution in [3.8, 4) is 0 Å². The van der Waals surface area contributed by atoms with Crippen LogP contribution in [-0.4, -0.2) is 85.8 Å². The maximum Gasteiger partial charge on any atom is 0.323 e. The van der Waals surface area contributed by atoms with E-state index in [4.69, 9.17) is 4.52 Å². The van der Waals surface area contributed by atoms with E-state index in [0.717, 1.165) is 82.8 Å². The Morgan fingerprint density at radius 1 is 0.393 bits per heavy atom. The minimum atomic E-state index is -0.144. The van der Waals surface area contributed by atoms with E-state index in [-0.39, 0.29) is 5.69 Å². The number of imidazole rings is 2. The van der Waals surface area contributed by atoms with Gasteiger partial charge < -0.3 is 34.4 Å². The average Bonchev–Trinajstić information content (AvgIpc) is 3.12. The predicted molar refractivity (Wildman–Crippen MR) is 359 cm³/mol. The van der Waals surface area contributed by atoms with Gasteiger partial charge in [-0.1, -0.05) is 108 Å².